The van der Waals surface area contributed by atoms with Gasteiger partial charge in [0.2, 0.25) is 0 Å². The van der Waals surface area contributed by atoms with Gasteiger partial charge in [-0.2, -0.15) is 5.10 Å². The molecule has 0 saturated carbocycles. The molecule has 2 aromatic rings. The van der Waals surface area contributed by atoms with Crippen LogP contribution in [0.1, 0.15) is 15.9 Å². The Balaban J connectivity index is 1.61. The van der Waals surface area contributed by atoms with E-state index in [1.54, 1.807) is 36.7 Å². The van der Waals surface area contributed by atoms with Crippen LogP contribution in [0.2, 0.25) is 0 Å². The van der Waals surface area contributed by atoms with E-state index >= 15 is 0 Å². The maximum absolute atomic E-state index is 12.2. The normalized spacial score (nSPS) is 20.8. The number of aliphatic hydroxyl groups excluding tert-OH is 1. The summed E-state index contributed by atoms with van der Waals surface area (Å²) in [6.45, 7) is 0.779. The lowest BCUT2D eigenvalue weighted by molar-refractivity contribution is 0.0904. The smallest absolute Gasteiger partial charge is 0.251 e. The molecule has 0 unspecified atom stereocenters. The van der Waals surface area contributed by atoms with Gasteiger partial charge in [0.05, 0.1) is 38.3 Å². The molecule has 1 aliphatic heterocycles. The number of ether oxygens (including phenoxy) is 2. The van der Waals surface area contributed by atoms with Crippen molar-refractivity contribution < 1.29 is 19.4 Å². The molecule has 0 radical (unpaired) electrons. The van der Waals surface area contributed by atoms with Gasteiger partial charge < -0.3 is 19.9 Å². The predicted molar refractivity (Wildman–Crippen MR) is 77.4 cm³/mol. The standard InChI is InChI=1S/C15H17N3O4/c19-7-10-1-3-11(4-2-10)15(20)18-13-8-21-9-14(13)22-12-5-16-17-6-12/h1-6,13-14,19H,7-9H2,(H,16,17)(H,18,20)/t13-,14+/m0/s1. The summed E-state index contributed by atoms with van der Waals surface area (Å²) >= 11 is 0. The molecule has 7 nitrogen and oxygen atoms in total. The Morgan fingerprint density at radius 3 is 2.91 bits per heavy atom. The fourth-order valence-electron chi connectivity index (χ4n) is 2.28. The number of hydrogen-bond acceptors (Lipinski definition) is 5. The summed E-state index contributed by atoms with van der Waals surface area (Å²) in [6, 6.07) is 6.59. The van der Waals surface area contributed by atoms with Crippen LogP contribution in [0.5, 0.6) is 5.75 Å². The molecule has 1 amide bonds. The van der Waals surface area contributed by atoms with Gasteiger partial charge in [-0.25, -0.2) is 0 Å². The third-order valence-corrected chi connectivity index (χ3v) is 3.50. The number of benzene rings is 1. The first-order valence-corrected chi connectivity index (χ1v) is 7.00. The number of rotatable bonds is 5. The number of aromatic nitrogens is 2. The summed E-state index contributed by atoms with van der Waals surface area (Å²) in [4.78, 5) is 12.2. The van der Waals surface area contributed by atoms with Crippen molar-refractivity contribution in [1.29, 1.82) is 0 Å². The second kappa shape index (κ2) is 6.59. The number of nitrogens with one attached hydrogen (secondary N) is 2. The van der Waals surface area contributed by atoms with Crippen LogP contribution < -0.4 is 10.1 Å². The van der Waals surface area contributed by atoms with Gasteiger partial charge in [0.1, 0.15) is 6.10 Å². The number of hydrogen-bond donors (Lipinski definition) is 3. The lowest BCUT2D eigenvalue weighted by Gasteiger charge is -2.19. The van der Waals surface area contributed by atoms with Gasteiger partial charge in [-0.3, -0.25) is 9.89 Å². The highest BCUT2D eigenvalue weighted by atomic mass is 16.5. The molecule has 0 aliphatic carbocycles. The summed E-state index contributed by atoms with van der Waals surface area (Å²) in [5.41, 5.74) is 1.30. The Hall–Kier alpha value is -2.38. The SMILES string of the molecule is O=C(N[C@H]1COC[C@H]1Oc1cn[nH]c1)c1ccc(CO)cc1. The van der Waals surface area contributed by atoms with E-state index in [4.69, 9.17) is 14.6 Å². The van der Waals surface area contributed by atoms with Crippen LogP contribution in [-0.4, -0.2) is 46.6 Å². The molecule has 22 heavy (non-hydrogen) atoms. The van der Waals surface area contributed by atoms with Gasteiger partial charge in [-0.1, -0.05) is 12.1 Å². The highest BCUT2D eigenvalue weighted by molar-refractivity contribution is 5.94. The molecule has 2 heterocycles. The lowest BCUT2D eigenvalue weighted by atomic mass is 10.1. The second-order valence-electron chi connectivity index (χ2n) is 5.06. The number of aliphatic hydroxyl groups is 1. The molecule has 3 rings (SSSR count). The van der Waals surface area contributed by atoms with Gasteiger partial charge in [0.25, 0.3) is 5.91 Å². The van der Waals surface area contributed by atoms with Gasteiger partial charge in [-0.15, -0.1) is 0 Å². The van der Waals surface area contributed by atoms with Crippen LogP contribution in [0.3, 0.4) is 0 Å². The van der Waals surface area contributed by atoms with Crippen LogP contribution in [0, 0.1) is 0 Å². The lowest BCUT2D eigenvalue weighted by Crippen LogP contribution is -2.45. The fourth-order valence-corrected chi connectivity index (χ4v) is 2.28. The first-order chi connectivity index (χ1) is 10.8. The second-order valence-corrected chi connectivity index (χ2v) is 5.06. The van der Waals surface area contributed by atoms with E-state index in [-0.39, 0.29) is 24.7 Å². The van der Waals surface area contributed by atoms with Crippen molar-refractivity contribution in [3.63, 3.8) is 0 Å². The molecule has 1 saturated heterocycles. The van der Waals surface area contributed by atoms with Crippen molar-refractivity contribution >= 4 is 5.91 Å². The Bertz CT molecular complexity index is 612. The molecule has 3 N–H and O–H groups in total. The minimum atomic E-state index is -0.252. The molecule has 1 aromatic heterocycles. The summed E-state index contributed by atoms with van der Waals surface area (Å²) in [7, 11) is 0. The van der Waals surface area contributed by atoms with E-state index in [0.717, 1.165) is 5.56 Å². The van der Waals surface area contributed by atoms with E-state index < -0.39 is 0 Å². The van der Waals surface area contributed by atoms with Gasteiger partial charge in [-0.05, 0) is 17.7 Å². The topological polar surface area (TPSA) is 96.5 Å². The Kier molecular flexibility index (Phi) is 4.36. The van der Waals surface area contributed by atoms with Gasteiger partial charge in [0, 0.05) is 5.56 Å². The Morgan fingerprint density at radius 2 is 2.23 bits per heavy atom. The van der Waals surface area contributed by atoms with Gasteiger partial charge in [0.15, 0.2) is 5.75 Å². The minimum absolute atomic E-state index is 0.0427. The zero-order valence-corrected chi connectivity index (χ0v) is 11.9. The van der Waals surface area contributed by atoms with Crippen molar-refractivity contribution in [1.82, 2.24) is 15.5 Å². The number of carbonyl (C=O) groups excluding carboxylic acids is 1. The molecule has 2 atom stereocenters. The third kappa shape index (κ3) is 3.26. The summed E-state index contributed by atoms with van der Waals surface area (Å²) in [5.74, 6) is 0.419. The molecule has 1 aliphatic rings. The van der Waals surface area contributed by atoms with Gasteiger partial charge >= 0.3 is 0 Å². The van der Waals surface area contributed by atoms with Crippen LogP contribution >= 0.6 is 0 Å². The van der Waals surface area contributed by atoms with E-state index in [2.05, 4.69) is 15.5 Å². The van der Waals surface area contributed by atoms with E-state index in [1.807, 2.05) is 0 Å². The number of carbonyl (C=O) groups is 1. The van der Waals surface area contributed by atoms with Crippen LogP contribution in [-0.2, 0) is 11.3 Å². The van der Waals surface area contributed by atoms with E-state index in [1.165, 1.54) is 0 Å². The highest BCUT2D eigenvalue weighted by Gasteiger charge is 2.31. The molecular weight excluding hydrogens is 286 g/mol. The Morgan fingerprint density at radius 1 is 1.41 bits per heavy atom. The summed E-state index contributed by atoms with van der Waals surface area (Å²) < 4.78 is 11.1. The zero-order chi connectivity index (χ0) is 15.4. The molecule has 116 valence electrons. The average Bonchev–Trinajstić information content (AvgIpc) is 3.20. The van der Waals surface area contributed by atoms with Crippen LogP contribution in [0.4, 0.5) is 0 Å². The van der Waals surface area contributed by atoms with Crippen molar-refractivity contribution in [2.45, 2.75) is 18.8 Å². The molecule has 7 heteroatoms. The van der Waals surface area contributed by atoms with Crippen molar-refractivity contribution in [3.05, 3.63) is 47.8 Å². The van der Waals surface area contributed by atoms with E-state index in [0.29, 0.717) is 24.5 Å². The largest absolute Gasteiger partial charge is 0.482 e. The number of H-pyrrole nitrogens is 1. The van der Waals surface area contributed by atoms with Crippen molar-refractivity contribution in [2.24, 2.45) is 0 Å². The molecular formula is C15H17N3O4. The third-order valence-electron chi connectivity index (χ3n) is 3.50. The molecule has 0 bridgehead atoms. The number of aromatic amines is 1. The van der Waals surface area contributed by atoms with Crippen LogP contribution in [0.25, 0.3) is 0 Å². The first-order valence-electron chi connectivity index (χ1n) is 7.00. The van der Waals surface area contributed by atoms with E-state index in [9.17, 15) is 4.79 Å². The Labute approximate surface area is 127 Å². The summed E-state index contributed by atoms with van der Waals surface area (Å²) in [5, 5.41) is 18.4. The quantitative estimate of drug-likeness (QED) is 0.746. The average molecular weight is 303 g/mol. The van der Waals surface area contributed by atoms with Crippen molar-refractivity contribution in [2.75, 3.05) is 13.2 Å². The fraction of sp³-hybridized carbons (Fsp3) is 0.333. The zero-order valence-electron chi connectivity index (χ0n) is 11.9. The number of amides is 1. The molecule has 0 spiro atoms. The maximum atomic E-state index is 12.2. The van der Waals surface area contributed by atoms with Crippen LogP contribution in [0.15, 0.2) is 36.7 Å². The highest BCUT2D eigenvalue weighted by Crippen LogP contribution is 2.16. The summed E-state index contributed by atoms with van der Waals surface area (Å²) in [6.07, 6.45) is 2.97. The predicted octanol–water partition coefficient (Wildman–Crippen LogP) is 0.478. The first kappa shape index (κ1) is 14.6. The minimum Gasteiger partial charge on any atom is -0.482 e. The monoisotopic (exact) mass is 303 g/mol. The maximum Gasteiger partial charge on any atom is 0.251 e. The number of nitrogens with zero attached hydrogens (tertiary/aromatic N) is 1. The molecule has 1 aromatic carbocycles. The van der Waals surface area contributed by atoms with Crippen molar-refractivity contribution in [3.8, 4) is 5.75 Å². The molecule has 1 fully saturated rings.